The average molecular weight is 300 g/mol. The largest absolute Gasteiger partial charge is 0.314 e. The van der Waals surface area contributed by atoms with Crippen molar-refractivity contribution in [3.05, 3.63) is 11.4 Å². The summed E-state index contributed by atoms with van der Waals surface area (Å²) in [4.78, 5) is 6.19. The smallest absolute Gasteiger partial charge is 0.256 e. The Morgan fingerprint density at radius 3 is 2.55 bits per heavy atom. The zero-order chi connectivity index (χ0) is 14.6. The molecular formula is C11H20N6O2S. The Morgan fingerprint density at radius 1 is 1.20 bits per heavy atom. The van der Waals surface area contributed by atoms with Crippen LogP contribution in [-0.4, -0.2) is 67.0 Å². The minimum Gasteiger partial charge on any atom is -0.314 e. The first-order valence-electron chi connectivity index (χ1n) is 6.58. The quantitative estimate of drug-likeness (QED) is 0.729. The van der Waals surface area contributed by atoms with E-state index in [1.54, 1.807) is 13.8 Å². The molecule has 1 aromatic rings. The molecule has 1 fully saturated rings. The van der Waals surface area contributed by atoms with E-state index in [4.69, 9.17) is 0 Å². The average Bonchev–Trinajstić information content (AvgIpc) is 2.42. The summed E-state index contributed by atoms with van der Waals surface area (Å²) in [5.74, 6) is 0.0666. The second-order valence-corrected chi connectivity index (χ2v) is 6.66. The van der Waals surface area contributed by atoms with Crippen LogP contribution in [-0.2, 0) is 10.0 Å². The van der Waals surface area contributed by atoms with Crippen molar-refractivity contribution in [2.24, 2.45) is 0 Å². The molecule has 2 heterocycles. The van der Waals surface area contributed by atoms with E-state index < -0.39 is 10.0 Å². The van der Waals surface area contributed by atoms with E-state index in [1.165, 1.54) is 0 Å². The van der Waals surface area contributed by atoms with Crippen LogP contribution < -0.4 is 10.0 Å². The Hall–Kier alpha value is -1.32. The molecule has 1 aliphatic heterocycles. The number of hydrogen-bond donors (Lipinski definition) is 2. The van der Waals surface area contributed by atoms with Gasteiger partial charge in [-0.05, 0) is 13.8 Å². The van der Waals surface area contributed by atoms with Gasteiger partial charge in [-0.3, -0.25) is 4.90 Å². The van der Waals surface area contributed by atoms with Crippen LogP contribution in [0.1, 0.15) is 11.4 Å². The third-order valence-electron chi connectivity index (χ3n) is 3.22. The fourth-order valence-electron chi connectivity index (χ4n) is 1.87. The Kier molecular flexibility index (Phi) is 4.84. The van der Waals surface area contributed by atoms with Gasteiger partial charge in [0.2, 0.25) is 10.0 Å². The van der Waals surface area contributed by atoms with Crippen molar-refractivity contribution in [2.45, 2.75) is 13.8 Å². The molecule has 0 spiro atoms. The van der Waals surface area contributed by atoms with Crippen molar-refractivity contribution < 1.29 is 8.42 Å². The highest BCUT2D eigenvalue weighted by molar-refractivity contribution is 7.92. The van der Waals surface area contributed by atoms with Gasteiger partial charge in [0, 0.05) is 32.7 Å². The van der Waals surface area contributed by atoms with Gasteiger partial charge in [0.05, 0.1) is 17.1 Å². The molecule has 0 aliphatic carbocycles. The van der Waals surface area contributed by atoms with Gasteiger partial charge in [0.1, 0.15) is 0 Å². The van der Waals surface area contributed by atoms with Crippen LogP contribution in [0, 0.1) is 13.8 Å². The van der Waals surface area contributed by atoms with Crippen molar-refractivity contribution in [1.29, 1.82) is 0 Å². The van der Waals surface area contributed by atoms with Crippen molar-refractivity contribution in [1.82, 2.24) is 25.4 Å². The fraction of sp³-hybridized carbons (Fsp3) is 0.727. The van der Waals surface area contributed by atoms with Gasteiger partial charge in [-0.1, -0.05) is 0 Å². The lowest BCUT2D eigenvalue weighted by Crippen LogP contribution is -2.45. The van der Waals surface area contributed by atoms with E-state index in [9.17, 15) is 8.42 Å². The molecule has 0 atom stereocenters. The first-order chi connectivity index (χ1) is 9.46. The summed E-state index contributed by atoms with van der Waals surface area (Å²) in [5.41, 5.74) is 1.36. The lowest BCUT2D eigenvalue weighted by Gasteiger charge is -2.26. The predicted octanol–water partition coefficient (Wildman–Crippen LogP) is -0.865. The molecule has 2 rings (SSSR count). The van der Waals surface area contributed by atoms with Crippen LogP contribution >= 0.6 is 0 Å². The maximum atomic E-state index is 12.0. The molecule has 8 nitrogen and oxygen atoms in total. The van der Waals surface area contributed by atoms with Gasteiger partial charge in [0.15, 0.2) is 0 Å². The Bertz CT molecular complexity index is 556. The van der Waals surface area contributed by atoms with Crippen LogP contribution in [0.15, 0.2) is 0 Å². The zero-order valence-corrected chi connectivity index (χ0v) is 12.6. The zero-order valence-electron chi connectivity index (χ0n) is 11.8. The van der Waals surface area contributed by atoms with Gasteiger partial charge in [0.25, 0.3) is 5.95 Å². The number of nitrogens with zero attached hydrogens (tertiary/aromatic N) is 4. The highest BCUT2D eigenvalue weighted by atomic mass is 32.2. The monoisotopic (exact) mass is 300 g/mol. The number of hydrogen-bond acceptors (Lipinski definition) is 7. The van der Waals surface area contributed by atoms with Crippen LogP contribution in [0.2, 0.25) is 0 Å². The molecule has 9 heteroatoms. The minimum atomic E-state index is -3.44. The standard InChI is InChI=1S/C11H20N6O2S/c1-9-10(2)14-15-11(13-9)16-20(18,19)8-7-17-5-3-12-4-6-17/h12H,3-8H2,1-2H3,(H,13,15,16). The number of nitrogens with one attached hydrogen (secondary N) is 2. The number of rotatable bonds is 5. The maximum Gasteiger partial charge on any atom is 0.256 e. The molecule has 1 aromatic heterocycles. The van der Waals surface area contributed by atoms with Gasteiger partial charge < -0.3 is 5.32 Å². The second kappa shape index (κ2) is 6.42. The first kappa shape index (κ1) is 15.1. The van der Waals surface area contributed by atoms with E-state index in [1.807, 2.05) is 0 Å². The Balaban J connectivity index is 1.91. The van der Waals surface area contributed by atoms with Gasteiger partial charge in [-0.15, -0.1) is 5.10 Å². The number of aryl methyl sites for hydroxylation is 2. The van der Waals surface area contributed by atoms with E-state index in [2.05, 4.69) is 30.1 Å². The molecule has 20 heavy (non-hydrogen) atoms. The number of piperazine rings is 1. The molecule has 0 unspecified atom stereocenters. The number of sulfonamides is 1. The molecule has 0 saturated carbocycles. The molecule has 1 aliphatic rings. The van der Waals surface area contributed by atoms with Crippen LogP contribution in [0.5, 0.6) is 0 Å². The highest BCUT2D eigenvalue weighted by Gasteiger charge is 2.17. The molecular weight excluding hydrogens is 280 g/mol. The summed E-state index contributed by atoms with van der Waals surface area (Å²) in [5, 5.41) is 10.8. The normalized spacial score (nSPS) is 17.1. The Morgan fingerprint density at radius 2 is 1.90 bits per heavy atom. The molecule has 1 saturated heterocycles. The third-order valence-corrected chi connectivity index (χ3v) is 4.44. The summed E-state index contributed by atoms with van der Waals surface area (Å²) in [7, 11) is -3.44. The molecule has 2 N–H and O–H groups in total. The van der Waals surface area contributed by atoms with E-state index in [-0.39, 0.29) is 11.7 Å². The molecule has 0 aromatic carbocycles. The minimum absolute atomic E-state index is 0.0310. The van der Waals surface area contributed by atoms with Crippen molar-refractivity contribution in [3.8, 4) is 0 Å². The lowest BCUT2D eigenvalue weighted by atomic mass is 10.4. The van der Waals surface area contributed by atoms with E-state index in [0.717, 1.165) is 26.2 Å². The number of aromatic nitrogens is 3. The molecule has 0 bridgehead atoms. The molecule has 112 valence electrons. The summed E-state index contributed by atoms with van der Waals surface area (Å²) in [6.45, 7) is 7.60. The first-order valence-corrected chi connectivity index (χ1v) is 8.23. The molecule has 0 amide bonds. The van der Waals surface area contributed by atoms with Crippen LogP contribution in [0.4, 0.5) is 5.95 Å². The topological polar surface area (TPSA) is 100 Å². The van der Waals surface area contributed by atoms with Gasteiger partial charge in [-0.25, -0.2) is 18.1 Å². The second-order valence-electron chi connectivity index (χ2n) is 4.82. The van der Waals surface area contributed by atoms with Crippen LogP contribution in [0.25, 0.3) is 0 Å². The van der Waals surface area contributed by atoms with Gasteiger partial charge in [-0.2, -0.15) is 5.10 Å². The van der Waals surface area contributed by atoms with Crippen molar-refractivity contribution >= 4 is 16.0 Å². The van der Waals surface area contributed by atoms with Gasteiger partial charge >= 0.3 is 0 Å². The SMILES string of the molecule is Cc1nnc(NS(=O)(=O)CCN2CCNCC2)nc1C. The van der Waals surface area contributed by atoms with Crippen molar-refractivity contribution in [2.75, 3.05) is 43.2 Å². The fourth-order valence-corrected chi connectivity index (χ4v) is 2.84. The van der Waals surface area contributed by atoms with Crippen molar-refractivity contribution in [3.63, 3.8) is 0 Å². The Labute approximate surface area is 119 Å². The third kappa shape index (κ3) is 4.36. The summed E-state index contributed by atoms with van der Waals surface area (Å²) >= 11 is 0. The molecule has 0 radical (unpaired) electrons. The maximum absolute atomic E-state index is 12.0. The summed E-state index contributed by atoms with van der Waals surface area (Å²) in [6.07, 6.45) is 0. The van der Waals surface area contributed by atoms with E-state index in [0.29, 0.717) is 17.9 Å². The van der Waals surface area contributed by atoms with Crippen LogP contribution in [0.3, 0.4) is 0 Å². The summed E-state index contributed by atoms with van der Waals surface area (Å²) < 4.78 is 26.3. The highest BCUT2D eigenvalue weighted by Crippen LogP contribution is 2.05. The lowest BCUT2D eigenvalue weighted by molar-refractivity contribution is 0.254. The van der Waals surface area contributed by atoms with E-state index >= 15 is 0 Å². The number of anilines is 1. The predicted molar refractivity (Wildman–Crippen MR) is 76.0 cm³/mol. The summed E-state index contributed by atoms with van der Waals surface area (Å²) in [6, 6.07) is 0.